The minimum absolute atomic E-state index is 0.198. The van der Waals surface area contributed by atoms with Crippen LogP contribution in [0.5, 0.6) is 17.2 Å². The predicted octanol–water partition coefficient (Wildman–Crippen LogP) is 2.82. The quantitative estimate of drug-likeness (QED) is 0.676. The molecule has 4 rings (SSSR count). The maximum absolute atomic E-state index is 12.2. The molecule has 3 aromatic rings. The van der Waals surface area contributed by atoms with Crippen LogP contribution in [0.4, 0.5) is 0 Å². The number of hydrogen-bond donors (Lipinski definition) is 1. The first kappa shape index (κ1) is 17.3. The van der Waals surface area contributed by atoms with Gasteiger partial charge >= 0.3 is 0 Å². The molecule has 8 heteroatoms. The van der Waals surface area contributed by atoms with Gasteiger partial charge in [-0.05, 0) is 24.3 Å². The van der Waals surface area contributed by atoms with Gasteiger partial charge in [-0.3, -0.25) is 9.78 Å². The smallest absolute Gasteiger partial charge is 0.270 e. The molecule has 0 spiro atoms. The fraction of sp³-hybridized carbons (Fsp3) is 0.211. The number of hydrogen-bond acceptors (Lipinski definition) is 7. The molecule has 0 bridgehead atoms. The number of carbonyl (C=O) groups is 1. The van der Waals surface area contributed by atoms with E-state index in [1.807, 2.05) is 24.3 Å². The highest BCUT2D eigenvalue weighted by Crippen LogP contribution is 2.35. The maximum Gasteiger partial charge on any atom is 0.270 e. The van der Waals surface area contributed by atoms with E-state index in [9.17, 15) is 4.79 Å². The van der Waals surface area contributed by atoms with E-state index in [4.69, 9.17) is 14.2 Å². The standard InChI is InChI=1S/C19H17N3O4S/c23-19(21-8-6-13-3-1-2-7-20-13)15-11-27-18(22-15)10-24-14-4-5-16-17(9-14)26-12-25-16/h1-5,7,9,11H,6,8,10,12H2,(H,21,23). The van der Waals surface area contributed by atoms with E-state index in [2.05, 4.69) is 15.3 Å². The molecule has 0 aliphatic carbocycles. The number of rotatable bonds is 7. The number of nitrogens with one attached hydrogen (secondary N) is 1. The molecule has 1 N–H and O–H groups in total. The SMILES string of the molecule is O=C(NCCc1ccccn1)c1csc(COc2ccc3c(c2)OCO3)n1. The van der Waals surface area contributed by atoms with Crippen LogP contribution in [-0.4, -0.2) is 29.2 Å². The molecule has 2 aromatic heterocycles. The van der Waals surface area contributed by atoms with Crippen LogP contribution in [-0.2, 0) is 13.0 Å². The molecule has 27 heavy (non-hydrogen) atoms. The maximum atomic E-state index is 12.2. The van der Waals surface area contributed by atoms with Crippen LogP contribution >= 0.6 is 11.3 Å². The molecule has 7 nitrogen and oxygen atoms in total. The second-order valence-electron chi connectivity index (χ2n) is 5.76. The molecule has 0 fully saturated rings. The molecular weight excluding hydrogens is 366 g/mol. The molecule has 0 saturated heterocycles. The fourth-order valence-corrected chi connectivity index (χ4v) is 3.22. The van der Waals surface area contributed by atoms with Gasteiger partial charge in [-0.15, -0.1) is 11.3 Å². The predicted molar refractivity (Wildman–Crippen MR) is 99.3 cm³/mol. The summed E-state index contributed by atoms with van der Waals surface area (Å²) in [5.74, 6) is 1.84. The Kier molecular flexibility index (Phi) is 5.15. The summed E-state index contributed by atoms with van der Waals surface area (Å²) in [6.07, 6.45) is 2.42. The minimum atomic E-state index is -0.198. The fourth-order valence-electron chi connectivity index (χ4n) is 2.53. The van der Waals surface area contributed by atoms with E-state index in [0.29, 0.717) is 35.9 Å². The van der Waals surface area contributed by atoms with Crippen molar-refractivity contribution in [2.75, 3.05) is 13.3 Å². The van der Waals surface area contributed by atoms with E-state index in [-0.39, 0.29) is 19.3 Å². The largest absolute Gasteiger partial charge is 0.486 e. The molecule has 138 valence electrons. The van der Waals surface area contributed by atoms with Crippen LogP contribution in [0.1, 0.15) is 21.2 Å². The number of nitrogens with zero attached hydrogens (tertiary/aromatic N) is 2. The van der Waals surface area contributed by atoms with Crippen molar-refractivity contribution in [2.45, 2.75) is 13.0 Å². The van der Waals surface area contributed by atoms with Crippen molar-refractivity contribution in [1.82, 2.24) is 15.3 Å². The lowest BCUT2D eigenvalue weighted by Gasteiger charge is -2.05. The number of ether oxygens (including phenoxy) is 3. The van der Waals surface area contributed by atoms with Gasteiger partial charge in [0.2, 0.25) is 6.79 Å². The number of carbonyl (C=O) groups excluding carboxylic acids is 1. The zero-order chi connectivity index (χ0) is 18.5. The zero-order valence-corrected chi connectivity index (χ0v) is 15.2. The first-order chi connectivity index (χ1) is 13.3. The van der Waals surface area contributed by atoms with Gasteiger partial charge < -0.3 is 19.5 Å². The number of amides is 1. The van der Waals surface area contributed by atoms with Gasteiger partial charge in [-0.1, -0.05) is 6.07 Å². The lowest BCUT2D eigenvalue weighted by atomic mass is 10.2. The van der Waals surface area contributed by atoms with Crippen LogP contribution in [0, 0.1) is 0 Å². The molecule has 1 aliphatic rings. The van der Waals surface area contributed by atoms with Crippen LogP contribution in [0.15, 0.2) is 48.0 Å². The Hall–Kier alpha value is -3.13. The van der Waals surface area contributed by atoms with Crippen LogP contribution < -0.4 is 19.5 Å². The van der Waals surface area contributed by atoms with Crippen LogP contribution in [0.3, 0.4) is 0 Å². The molecular formula is C19H17N3O4S. The second kappa shape index (κ2) is 8.05. The summed E-state index contributed by atoms with van der Waals surface area (Å²) < 4.78 is 16.3. The van der Waals surface area contributed by atoms with E-state index < -0.39 is 0 Å². The molecule has 1 amide bonds. The van der Waals surface area contributed by atoms with E-state index in [0.717, 1.165) is 10.7 Å². The van der Waals surface area contributed by atoms with E-state index in [1.165, 1.54) is 11.3 Å². The van der Waals surface area contributed by atoms with Crippen molar-refractivity contribution in [3.8, 4) is 17.2 Å². The monoisotopic (exact) mass is 383 g/mol. The summed E-state index contributed by atoms with van der Waals surface area (Å²) in [6, 6.07) is 11.1. The third kappa shape index (κ3) is 4.35. The Balaban J connectivity index is 1.27. The molecule has 1 aromatic carbocycles. The number of thiazole rings is 1. The van der Waals surface area contributed by atoms with Crippen molar-refractivity contribution < 1.29 is 19.0 Å². The van der Waals surface area contributed by atoms with Gasteiger partial charge in [-0.2, -0.15) is 0 Å². The van der Waals surface area contributed by atoms with Crippen molar-refractivity contribution in [3.05, 3.63) is 64.4 Å². The second-order valence-corrected chi connectivity index (χ2v) is 6.70. The van der Waals surface area contributed by atoms with Gasteiger partial charge in [0.25, 0.3) is 5.91 Å². The summed E-state index contributed by atoms with van der Waals surface area (Å²) in [6.45, 7) is 1.02. The average Bonchev–Trinajstić information content (AvgIpc) is 3.36. The van der Waals surface area contributed by atoms with Crippen molar-refractivity contribution in [1.29, 1.82) is 0 Å². The minimum Gasteiger partial charge on any atom is -0.486 e. The number of aromatic nitrogens is 2. The molecule has 0 unspecified atom stereocenters. The summed E-state index contributed by atoms with van der Waals surface area (Å²) in [4.78, 5) is 20.8. The molecule has 0 radical (unpaired) electrons. The number of pyridine rings is 1. The first-order valence-electron chi connectivity index (χ1n) is 8.43. The topological polar surface area (TPSA) is 82.6 Å². The Morgan fingerprint density at radius 2 is 2.15 bits per heavy atom. The van der Waals surface area contributed by atoms with Crippen molar-refractivity contribution >= 4 is 17.2 Å². The first-order valence-corrected chi connectivity index (χ1v) is 9.31. The normalized spacial score (nSPS) is 12.0. The van der Waals surface area contributed by atoms with Gasteiger partial charge in [0.15, 0.2) is 11.5 Å². The van der Waals surface area contributed by atoms with Crippen LogP contribution in [0.25, 0.3) is 0 Å². The van der Waals surface area contributed by atoms with Crippen molar-refractivity contribution in [2.24, 2.45) is 0 Å². The summed E-state index contributed by atoms with van der Waals surface area (Å²) in [5, 5.41) is 5.31. The molecule has 0 atom stereocenters. The van der Waals surface area contributed by atoms with Crippen molar-refractivity contribution in [3.63, 3.8) is 0 Å². The molecule has 3 heterocycles. The summed E-state index contributed by atoms with van der Waals surface area (Å²) in [5.41, 5.74) is 1.33. The number of benzene rings is 1. The Morgan fingerprint density at radius 3 is 3.04 bits per heavy atom. The lowest BCUT2D eigenvalue weighted by molar-refractivity contribution is 0.0949. The molecule has 1 aliphatic heterocycles. The third-order valence-corrected chi connectivity index (χ3v) is 4.71. The van der Waals surface area contributed by atoms with Gasteiger partial charge in [-0.25, -0.2) is 4.98 Å². The Labute approximate surface area is 159 Å². The lowest BCUT2D eigenvalue weighted by Crippen LogP contribution is -2.26. The zero-order valence-electron chi connectivity index (χ0n) is 14.4. The Morgan fingerprint density at radius 1 is 1.22 bits per heavy atom. The van der Waals surface area contributed by atoms with E-state index in [1.54, 1.807) is 23.7 Å². The van der Waals surface area contributed by atoms with E-state index >= 15 is 0 Å². The van der Waals surface area contributed by atoms with Gasteiger partial charge in [0.05, 0.1) is 0 Å². The Bertz CT molecular complexity index is 930. The highest BCUT2D eigenvalue weighted by atomic mass is 32.1. The molecule has 0 saturated carbocycles. The summed E-state index contributed by atoms with van der Waals surface area (Å²) in [7, 11) is 0. The average molecular weight is 383 g/mol. The summed E-state index contributed by atoms with van der Waals surface area (Å²) >= 11 is 1.39. The third-order valence-electron chi connectivity index (χ3n) is 3.88. The van der Waals surface area contributed by atoms with Crippen LogP contribution in [0.2, 0.25) is 0 Å². The highest BCUT2D eigenvalue weighted by molar-refractivity contribution is 7.09. The number of fused-ring (bicyclic) bond motifs is 1. The van der Waals surface area contributed by atoms with Gasteiger partial charge in [0, 0.05) is 36.3 Å². The van der Waals surface area contributed by atoms with Gasteiger partial charge in [0.1, 0.15) is 23.1 Å². The highest BCUT2D eigenvalue weighted by Gasteiger charge is 2.15.